The molecule has 8 heteroatoms. The van der Waals surface area contributed by atoms with Crippen molar-refractivity contribution >= 4 is 23.7 Å². The number of piperazine rings is 1. The summed E-state index contributed by atoms with van der Waals surface area (Å²) in [4.78, 5) is 32.5. The van der Waals surface area contributed by atoms with E-state index in [0.717, 1.165) is 49.4 Å². The Morgan fingerprint density at radius 2 is 1.76 bits per heavy atom. The van der Waals surface area contributed by atoms with E-state index >= 15 is 0 Å². The predicted octanol–water partition coefficient (Wildman–Crippen LogP) is 5.18. The number of nitrogens with one attached hydrogen (secondary N) is 2. The van der Waals surface area contributed by atoms with Gasteiger partial charge in [-0.05, 0) is 67.5 Å². The molecule has 2 unspecified atom stereocenters. The minimum atomic E-state index is -0.537. The van der Waals surface area contributed by atoms with E-state index in [4.69, 9.17) is 0 Å². The monoisotopic (exact) mass is 556 g/mol. The summed E-state index contributed by atoms with van der Waals surface area (Å²) < 4.78 is 23.9. The van der Waals surface area contributed by atoms with Crippen LogP contribution < -0.4 is 10.6 Å². The number of hydrogen-bond donors (Lipinski definition) is 2. The van der Waals surface area contributed by atoms with E-state index in [1.54, 1.807) is 6.20 Å². The molecule has 0 bridgehead atoms. The van der Waals surface area contributed by atoms with Gasteiger partial charge in [0.05, 0.1) is 11.0 Å². The van der Waals surface area contributed by atoms with Crippen molar-refractivity contribution in [2.24, 2.45) is 0 Å². The molecule has 1 saturated heterocycles. The molecule has 212 valence electrons. The zero-order valence-electron chi connectivity index (χ0n) is 23.1. The van der Waals surface area contributed by atoms with Crippen molar-refractivity contribution in [3.05, 3.63) is 101 Å². The fraction of sp³-hybridized carbons (Fsp3) is 0.364. The molecule has 1 saturated carbocycles. The van der Waals surface area contributed by atoms with Crippen molar-refractivity contribution in [3.8, 4) is 0 Å². The highest BCUT2D eigenvalue weighted by Crippen LogP contribution is 2.46. The summed E-state index contributed by atoms with van der Waals surface area (Å²) in [5.74, 6) is -0.0596. The van der Waals surface area contributed by atoms with Crippen LogP contribution in [0.2, 0.25) is 0 Å². The van der Waals surface area contributed by atoms with Crippen LogP contribution in [0.3, 0.4) is 0 Å². The van der Waals surface area contributed by atoms with Gasteiger partial charge in [-0.15, -0.1) is 0 Å². The Bertz CT molecular complexity index is 1500. The molecule has 0 radical (unpaired) electrons. The van der Waals surface area contributed by atoms with Crippen molar-refractivity contribution in [1.29, 1.82) is 0 Å². The molecule has 3 aromatic rings. The SMILES string of the molecule is CC1CNC2(CCCC2)C(=O)N1C/C=C/c1ccc2c(c1)CC1(C2)C(=O)Nc2ncccc21.Fc1cccc(F)c1. The van der Waals surface area contributed by atoms with Crippen molar-refractivity contribution < 1.29 is 18.4 Å². The van der Waals surface area contributed by atoms with Gasteiger partial charge in [-0.3, -0.25) is 9.59 Å². The lowest BCUT2D eigenvalue weighted by atomic mass is 9.79. The van der Waals surface area contributed by atoms with Crippen LogP contribution in [0.15, 0.2) is 66.9 Å². The molecule has 2 N–H and O–H groups in total. The van der Waals surface area contributed by atoms with Crippen molar-refractivity contribution in [3.63, 3.8) is 0 Å². The van der Waals surface area contributed by atoms with Gasteiger partial charge in [0.25, 0.3) is 0 Å². The predicted molar refractivity (Wildman–Crippen MR) is 154 cm³/mol. The van der Waals surface area contributed by atoms with Gasteiger partial charge in [0.15, 0.2) is 0 Å². The number of pyridine rings is 1. The number of carbonyl (C=O) groups is 2. The molecular weight excluding hydrogens is 522 g/mol. The molecule has 2 fully saturated rings. The lowest BCUT2D eigenvalue weighted by Gasteiger charge is -2.44. The molecule has 41 heavy (non-hydrogen) atoms. The van der Waals surface area contributed by atoms with Crippen LogP contribution >= 0.6 is 0 Å². The van der Waals surface area contributed by atoms with Gasteiger partial charge in [-0.25, -0.2) is 13.8 Å². The lowest BCUT2D eigenvalue weighted by molar-refractivity contribution is -0.143. The Kier molecular flexibility index (Phi) is 7.20. The summed E-state index contributed by atoms with van der Waals surface area (Å²) >= 11 is 0. The Morgan fingerprint density at radius 1 is 1.00 bits per heavy atom. The third kappa shape index (κ3) is 5.05. The first-order chi connectivity index (χ1) is 19.8. The molecule has 2 aliphatic heterocycles. The van der Waals surface area contributed by atoms with Gasteiger partial charge in [0.1, 0.15) is 17.5 Å². The van der Waals surface area contributed by atoms with Crippen LogP contribution in [0.5, 0.6) is 0 Å². The molecule has 1 aromatic heterocycles. The second kappa shape index (κ2) is 10.8. The van der Waals surface area contributed by atoms with Crippen LogP contribution in [0.1, 0.15) is 54.9 Å². The quantitative estimate of drug-likeness (QED) is 0.466. The average molecular weight is 557 g/mol. The highest BCUT2D eigenvalue weighted by Gasteiger charge is 2.51. The van der Waals surface area contributed by atoms with Crippen LogP contribution in [0, 0.1) is 11.6 Å². The van der Waals surface area contributed by atoms with Gasteiger partial charge in [-0.1, -0.05) is 55.3 Å². The molecule has 6 nitrogen and oxygen atoms in total. The summed E-state index contributed by atoms with van der Waals surface area (Å²) in [6.07, 6.45) is 11.5. The average Bonchev–Trinajstić information content (AvgIpc) is 3.66. The number of rotatable bonds is 3. The van der Waals surface area contributed by atoms with Gasteiger partial charge in [-0.2, -0.15) is 0 Å². The minimum absolute atomic E-state index is 0.0524. The second-order valence-corrected chi connectivity index (χ2v) is 11.6. The van der Waals surface area contributed by atoms with Gasteiger partial charge in [0, 0.05) is 37.0 Å². The number of carbonyl (C=O) groups excluding carboxylic acids is 2. The first-order valence-electron chi connectivity index (χ1n) is 14.3. The van der Waals surface area contributed by atoms with Gasteiger partial charge in [0.2, 0.25) is 11.8 Å². The van der Waals surface area contributed by atoms with Crippen LogP contribution in [-0.4, -0.2) is 46.4 Å². The molecule has 2 aliphatic carbocycles. The second-order valence-electron chi connectivity index (χ2n) is 11.6. The highest BCUT2D eigenvalue weighted by atomic mass is 19.1. The standard InChI is InChI=1S/C27H30N4O2.C6H4F2/c1-18-17-29-27(10-2-3-11-27)25(33)31(18)13-5-6-19-8-9-20-15-26(16-21(20)14-19)22-7-4-12-28-23(22)30-24(26)32;7-5-2-1-3-6(8)4-5/h4-9,12,14,18,29H,2-3,10-11,13,15-17H2,1H3,(H,28,30,32);1-4H/b6-5+;. The smallest absolute Gasteiger partial charge is 0.243 e. The number of amides is 2. The van der Waals surface area contributed by atoms with Gasteiger partial charge >= 0.3 is 0 Å². The molecule has 4 aliphatic rings. The molecule has 2 spiro atoms. The number of fused-ring (bicyclic) bond motifs is 3. The Hall–Kier alpha value is -3.91. The topological polar surface area (TPSA) is 74.3 Å². The zero-order valence-corrected chi connectivity index (χ0v) is 23.1. The number of anilines is 1. The van der Waals surface area contributed by atoms with E-state index in [-0.39, 0.29) is 23.4 Å². The lowest BCUT2D eigenvalue weighted by Crippen LogP contribution is -2.66. The van der Waals surface area contributed by atoms with E-state index in [9.17, 15) is 18.4 Å². The fourth-order valence-electron chi connectivity index (χ4n) is 6.79. The fourth-order valence-corrected chi connectivity index (χ4v) is 6.79. The first-order valence-corrected chi connectivity index (χ1v) is 14.3. The molecule has 7 rings (SSSR count). The number of aromatic nitrogens is 1. The minimum Gasteiger partial charge on any atom is -0.333 e. The summed E-state index contributed by atoms with van der Waals surface area (Å²) in [6, 6.07) is 15.1. The molecule has 2 atom stereocenters. The highest BCUT2D eigenvalue weighted by molar-refractivity contribution is 6.06. The Labute approximate surface area is 238 Å². The number of benzene rings is 2. The number of nitrogens with zero attached hydrogens (tertiary/aromatic N) is 2. The van der Waals surface area contributed by atoms with Gasteiger partial charge < -0.3 is 15.5 Å². The third-order valence-electron chi connectivity index (χ3n) is 9.00. The van der Waals surface area contributed by atoms with E-state index in [1.165, 1.54) is 29.3 Å². The van der Waals surface area contributed by atoms with Crippen molar-refractivity contribution in [2.75, 3.05) is 18.4 Å². The maximum absolute atomic E-state index is 13.2. The molecule has 3 heterocycles. The zero-order chi connectivity index (χ0) is 28.6. The summed E-state index contributed by atoms with van der Waals surface area (Å²) in [5, 5.41) is 6.51. The van der Waals surface area contributed by atoms with Crippen molar-refractivity contribution in [2.45, 2.75) is 62.4 Å². The first kappa shape index (κ1) is 27.3. The van der Waals surface area contributed by atoms with Crippen molar-refractivity contribution in [1.82, 2.24) is 15.2 Å². The summed E-state index contributed by atoms with van der Waals surface area (Å²) in [6.45, 7) is 3.61. The number of hydrogen-bond acceptors (Lipinski definition) is 4. The number of halogens is 2. The third-order valence-corrected chi connectivity index (χ3v) is 9.00. The van der Waals surface area contributed by atoms with Crippen LogP contribution in [0.25, 0.3) is 6.08 Å². The van der Waals surface area contributed by atoms with E-state index in [1.807, 2.05) is 17.0 Å². The summed E-state index contributed by atoms with van der Waals surface area (Å²) in [7, 11) is 0. The van der Waals surface area contributed by atoms with Crippen LogP contribution in [0.4, 0.5) is 14.6 Å². The van der Waals surface area contributed by atoms with Crippen LogP contribution in [-0.2, 0) is 27.8 Å². The molecular formula is C33H34F2N4O2. The normalized spacial score (nSPS) is 24.0. The summed E-state index contributed by atoms with van der Waals surface area (Å²) in [5.41, 5.74) is 3.72. The maximum Gasteiger partial charge on any atom is 0.243 e. The molecule has 2 aromatic carbocycles. The molecule has 2 amide bonds. The van der Waals surface area contributed by atoms with E-state index in [0.29, 0.717) is 25.2 Å². The Morgan fingerprint density at radius 3 is 2.49 bits per heavy atom. The largest absolute Gasteiger partial charge is 0.333 e. The van der Waals surface area contributed by atoms with E-state index < -0.39 is 17.0 Å². The Balaban J connectivity index is 0.000000328. The van der Waals surface area contributed by atoms with E-state index in [2.05, 4.69) is 52.9 Å². The maximum atomic E-state index is 13.2.